The largest absolute Gasteiger partial charge is 0.322 e. The van der Waals surface area contributed by atoms with E-state index in [2.05, 4.69) is 20.1 Å². The van der Waals surface area contributed by atoms with Crippen molar-refractivity contribution in [1.82, 2.24) is 19.7 Å². The summed E-state index contributed by atoms with van der Waals surface area (Å²) in [7, 11) is 0. The van der Waals surface area contributed by atoms with Crippen molar-refractivity contribution in [3.63, 3.8) is 0 Å². The molecule has 1 aliphatic carbocycles. The van der Waals surface area contributed by atoms with Crippen molar-refractivity contribution in [1.29, 1.82) is 0 Å². The van der Waals surface area contributed by atoms with E-state index in [1.807, 2.05) is 48.5 Å². The minimum absolute atomic E-state index is 0.0640. The average Bonchev–Trinajstić information content (AvgIpc) is 3.38. The Morgan fingerprint density at radius 1 is 0.875 bits per heavy atom. The summed E-state index contributed by atoms with van der Waals surface area (Å²) >= 11 is 0. The molecule has 1 amide bonds. The molecule has 2 aliphatic rings. The second kappa shape index (κ2) is 7.86. The van der Waals surface area contributed by atoms with Gasteiger partial charge in [0.2, 0.25) is 0 Å². The van der Waals surface area contributed by atoms with Gasteiger partial charge in [0.15, 0.2) is 5.82 Å². The van der Waals surface area contributed by atoms with Crippen LogP contribution < -0.4 is 5.32 Å². The molecule has 6 rings (SSSR count). The highest BCUT2D eigenvalue weighted by molar-refractivity contribution is 6.13. The van der Waals surface area contributed by atoms with Crippen molar-refractivity contribution in [3.8, 4) is 11.4 Å². The fourth-order valence-corrected chi connectivity index (χ4v) is 5.07. The van der Waals surface area contributed by atoms with Gasteiger partial charge in [-0.05, 0) is 68.0 Å². The Kier molecular flexibility index (Phi) is 4.71. The molecule has 0 atom stereocenters. The van der Waals surface area contributed by atoms with Crippen LogP contribution in [0.25, 0.3) is 22.3 Å². The molecule has 160 valence electrons. The van der Waals surface area contributed by atoms with Crippen molar-refractivity contribution in [2.45, 2.75) is 51.5 Å². The Morgan fingerprint density at radius 3 is 2.66 bits per heavy atom. The minimum atomic E-state index is -0.0640. The van der Waals surface area contributed by atoms with Crippen LogP contribution >= 0.6 is 0 Å². The van der Waals surface area contributed by atoms with Gasteiger partial charge in [0.05, 0.1) is 11.1 Å². The van der Waals surface area contributed by atoms with Crippen LogP contribution in [0.15, 0.2) is 48.5 Å². The fourth-order valence-electron chi connectivity index (χ4n) is 5.07. The number of hydrogen-bond donors (Lipinski definition) is 1. The summed E-state index contributed by atoms with van der Waals surface area (Å²) in [5.41, 5.74) is 5.64. The van der Waals surface area contributed by atoms with E-state index in [0.29, 0.717) is 0 Å². The average molecular weight is 424 g/mol. The van der Waals surface area contributed by atoms with E-state index >= 15 is 0 Å². The lowest BCUT2D eigenvalue weighted by Crippen LogP contribution is -2.15. The third-order valence-electron chi connectivity index (χ3n) is 6.66. The van der Waals surface area contributed by atoms with Crippen molar-refractivity contribution in [2.75, 3.05) is 5.32 Å². The summed E-state index contributed by atoms with van der Waals surface area (Å²) in [6.45, 7) is 0.969. The molecule has 6 nitrogen and oxygen atoms in total. The Bertz CT molecular complexity index is 1320. The summed E-state index contributed by atoms with van der Waals surface area (Å²) in [4.78, 5) is 18.2. The maximum Gasteiger partial charge on any atom is 0.256 e. The number of nitrogens with one attached hydrogen (secondary N) is 1. The highest BCUT2D eigenvalue weighted by Crippen LogP contribution is 2.31. The van der Waals surface area contributed by atoms with Gasteiger partial charge in [0.25, 0.3) is 5.91 Å². The molecule has 0 radical (unpaired) electrons. The third kappa shape index (κ3) is 3.27. The monoisotopic (exact) mass is 423 g/mol. The Morgan fingerprint density at radius 2 is 1.75 bits per heavy atom. The molecular weight excluding hydrogens is 398 g/mol. The van der Waals surface area contributed by atoms with Gasteiger partial charge in [-0.3, -0.25) is 9.78 Å². The van der Waals surface area contributed by atoms with E-state index in [1.165, 1.54) is 12.8 Å². The predicted molar refractivity (Wildman–Crippen MR) is 125 cm³/mol. The molecule has 0 fully saturated rings. The van der Waals surface area contributed by atoms with Crippen molar-refractivity contribution in [2.24, 2.45) is 0 Å². The third-order valence-corrected chi connectivity index (χ3v) is 6.66. The van der Waals surface area contributed by atoms with Crippen LogP contribution in [0.5, 0.6) is 0 Å². The van der Waals surface area contributed by atoms with Gasteiger partial charge in [0, 0.05) is 35.3 Å². The van der Waals surface area contributed by atoms with E-state index < -0.39 is 0 Å². The van der Waals surface area contributed by atoms with Gasteiger partial charge in [-0.25, -0.2) is 0 Å². The van der Waals surface area contributed by atoms with Crippen LogP contribution in [0.2, 0.25) is 0 Å². The zero-order valence-electron chi connectivity index (χ0n) is 18.0. The first-order valence-corrected chi connectivity index (χ1v) is 11.5. The molecule has 0 spiro atoms. The maximum absolute atomic E-state index is 13.4. The van der Waals surface area contributed by atoms with E-state index in [9.17, 15) is 4.79 Å². The van der Waals surface area contributed by atoms with E-state index in [-0.39, 0.29) is 5.91 Å². The molecule has 0 saturated heterocycles. The molecule has 6 heteroatoms. The predicted octanol–water partition coefficient (Wildman–Crippen LogP) is 4.96. The van der Waals surface area contributed by atoms with Crippen LogP contribution in [0.3, 0.4) is 0 Å². The van der Waals surface area contributed by atoms with Crippen LogP contribution in [0, 0.1) is 0 Å². The highest BCUT2D eigenvalue weighted by Gasteiger charge is 2.24. The molecule has 0 unspecified atom stereocenters. The molecule has 1 aliphatic heterocycles. The summed E-state index contributed by atoms with van der Waals surface area (Å²) < 4.78 is 2.24. The van der Waals surface area contributed by atoms with E-state index in [4.69, 9.17) is 4.98 Å². The normalized spacial score (nSPS) is 15.2. The molecule has 2 aromatic carbocycles. The summed E-state index contributed by atoms with van der Waals surface area (Å²) in [6.07, 6.45) is 7.47. The van der Waals surface area contributed by atoms with Crippen LogP contribution in [0.1, 0.15) is 53.1 Å². The van der Waals surface area contributed by atoms with Crippen LogP contribution in [0.4, 0.5) is 5.69 Å². The molecular formula is C26H25N5O. The molecule has 32 heavy (non-hydrogen) atoms. The first kappa shape index (κ1) is 19.2. The Balaban J connectivity index is 1.30. The molecule has 3 heterocycles. The first-order valence-electron chi connectivity index (χ1n) is 11.5. The SMILES string of the molecule is O=C(Nc1ccc(-c2nnc3n2CCCCC3)cc1)c1c2c(nc3ccccc13)CCC2. The molecule has 4 aromatic rings. The van der Waals surface area contributed by atoms with Gasteiger partial charge in [-0.15, -0.1) is 10.2 Å². The number of benzene rings is 2. The molecule has 1 N–H and O–H groups in total. The zero-order valence-corrected chi connectivity index (χ0v) is 18.0. The van der Waals surface area contributed by atoms with Gasteiger partial charge in [-0.2, -0.15) is 0 Å². The number of nitrogens with zero attached hydrogens (tertiary/aromatic N) is 4. The number of para-hydroxylation sites is 1. The number of aromatic nitrogens is 4. The second-order valence-corrected chi connectivity index (χ2v) is 8.72. The number of aryl methyl sites for hydroxylation is 2. The second-order valence-electron chi connectivity index (χ2n) is 8.72. The summed E-state index contributed by atoms with van der Waals surface area (Å²) in [5.74, 6) is 1.93. The van der Waals surface area contributed by atoms with E-state index in [1.54, 1.807) is 0 Å². The maximum atomic E-state index is 13.4. The first-order chi connectivity index (χ1) is 15.8. The smallest absolute Gasteiger partial charge is 0.256 e. The standard InChI is InChI=1S/C26H25N5O/c32-26(24-19-7-3-4-9-21(19)28-22-10-6-8-20(22)24)27-18-14-12-17(13-15-18)25-30-29-23-11-2-1-5-16-31(23)25/h3-4,7,9,12-15H,1-2,5-6,8,10-11,16H2,(H,27,32). The summed E-state index contributed by atoms with van der Waals surface area (Å²) in [6, 6.07) is 15.9. The van der Waals surface area contributed by atoms with Crippen LogP contribution in [-0.2, 0) is 25.8 Å². The zero-order chi connectivity index (χ0) is 21.5. The van der Waals surface area contributed by atoms with Crippen molar-refractivity contribution >= 4 is 22.5 Å². The Hall–Kier alpha value is -3.54. The lowest BCUT2D eigenvalue weighted by Gasteiger charge is -2.13. The fraction of sp³-hybridized carbons (Fsp3) is 0.308. The number of carbonyl (C=O) groups is 1. The number of carbonyl (C=O) groups excluding carboxylic acids is 1. The number of anilines is 1. The van der Waals surface area contributed by atoms with Crippen molar-refractivity contribution < 1.29 is 4.79 Å². The topological polar surface area (TPSA) is 72.7 Å². The van der Waals surface area contributed by atoms with Crippen LogP contribution in [-0.4, -0.2) is 25.7 Å². The molecule has 2 aromatic heterocycles. The number of pyridine rings is 1. The molecule has 0 saturated carbocycles. The number of amides is 1. The Labute approximate surface area is 186 Å². The minimum Gasteiger partial charge on any atom is -0.322 e. The van der Waals surface area contributed by atoms with Gasteiger partial charge < -0.3 is 9.88 Å². The highest BCUT2D eigenvalue weighted by atomic mass is 16.1. The van der Waals surface area contributed by atoms with Gasteiger partial charge in [-0.1, -0.05) is 24.6 Å². The lowest BCUT2D eigenvalue weighted by atomic mass is 10.0. The summed E-state index contributed by atoms with van der Waals surface area (Å²) in [5, 5.41) is 12.9. The number of hydrogen-bond acceptors (Lipinski definition) is 4. The quantitative estimate of drug-likeness (QED) is 0.505. The van der Waals surface area contributed by atoms with Gasteiger partial charge in [0.1, 0.15) is 5.82 Å². The number of rotatable bonds is 3. The number of fused-ring (bicyclic) bond motifs is 3. The van der Waals surface area contributed by atoms with Gasteiger partial charge >= 0.3 is 0 Å². The molecule has 0 bridgehead atoms. The van der Waals surface area contributed by atoms with Crippen molar-refractivity contribution in [3.05, 3.63) is 71.2 Å². The lowest BCUT2D eigenvalue weighted by molar-refractivity contribution is 0.102. The van der Waals surface area contributed by atoms with E-state index in [0.717, 1.165) is 89.3 Å².